The summed E-state index contributed by atoms with van der Waals surface area (Å²) in [4.78, 5) is 25.5. The van der Waals surface area contributed by atoms with Gasteiger partial charge in [0.1, 0.15) is 0 Å². The zero-order valence-electron chi connectivity index (χ0n) is 11.9. The third-order valence-corrected chi connectivity index (χ3v) is 4.02. The van der Waals surface area contributed by atoms with Crippen molar-refractivity contribution in [3.63, 3.8) is 0 Å². The summed E-state index contributed by atoms with van der Waals surface area (Å²) >= 11 is 0. The molecule has 0 N–H and O–H groups in total. The van der Waals surface area contributed by atoms with Crippen molar-refractivity contribution in [1.82, 2.24) is 4.57 Å². The normalized spacial score (nSPS) is 13.3. The van der Waals surface area contributed by atoms with Crippen molar-refractivity contribution in [3.8, 4) is 0 Å². The van der Waals surface area contributed by atoms with Crippen molar-refractivity contribution in [1.29, 1.82) is 0 Å². The second-order valence-electron chi connectivity index (χ2n) is 4.94. The van der Waals surface area contributed by atoms with Crippen molar-refractivity contribution >= 4 is 11.6 Å². The molecule has 0 aliphatic heterocycles. The third-order valence-electron chi connectivity index (χ3n) is 4.02. The maximum atomic E-state index is 12.7. The van der Waals surface area contributed by atoms with E-state index in [9.17, 15) is 9.59 Å². The Kier molecular flexibility index (Phi) is 2.82. The van der Waals surface area contributed by atoms with Gasteiger partial charge in [0.05, 0.1) is 13.1 Å². The zero-order chi connectivity index (χ0) is 14.4. The van der Waals surface area contributed by atoms with Crippen LogP contribution in [0.15, 0.2) is 24.3 Å². The summed E-state index contributed by atoms with van der Waals surface area (Å²) in [5, 5.41) is 0. The monoisotopic (exact) mass is 269 g/mol. The molecule has 4 nitrogen and oxygen atoms in total. The maximum Gasteiger partial charge on any atom is 0.254 e. The number of nitrogens with zero attached hydrogens (tertiary/aromatic N) is 2. The highest BCUT2D eigenvalue weighted by Crippen LogP contribution is 2.26. The number of rotatable bonds is 2. The smallest absolute Gasteiger partial charge is 0.254 e. The Labute approximate surface area is 117 Å². The molecule has 0 radical (unpaired) electrons. The summed E-state index contributed by atoms with van der Waals surface area (Å²) in [5.41, 5.74) is 2.10. The van der Waals surface area contributed by atoms with Crippen LogP contribution in [0.1, 0.15) is 51.8 Å². The van der Waals surface area contributed by atoms with Gasteiger partial charge in [-0.15, -0.1) is 0 Å². The lowest BCUT2D eigenvalue weighted by atomic mass is 9.90. The first kappa shape index (κ1) is 12.8. The molecular formula is C16H17N2O2+. The topological polar surface area (TPSA) is 43.0 Å². The molecule has 3 rings (SSSR count). The lowest BCUT2D eigenvalue weighted by Crippen LogP contribution is -2.42. The number of benzene rings is 1. The highest BCUT2D eigenvalue weighted by Gasteiger charge is 2.41. The fraction of sp³-hybridized carbons (Fsp3) is 0.312. The van der Waals surface area contributed by atoms with Crippen molar-refractivity contribution in [2.24, 2.45) is 0 Å². The zero-order valence-corrected chi connectivity index (χ0v) is 11.9. The van der Waals surface area contributed by atoms with E-state index >= 15 is 0 Å². The van der Waals surface area contributed by atoms with E-state index in [1.54, 1.807) is 24.3 Å². The molecule has 1 aromatic carbocycles. The lowest BCUT2D eigenvalue weighted by Gasteiger charge is -2.12. The molecule has 0 saturated carbocycles. The van der Waals surface area contributed by atoms with Crippen molar-refractivity contribution in [3.05, 3.63) is 52.6 Å². The van der Waals surface area contributed by atoms with Crippen LogP contribution in [-0.4, -0.2) is 16.1 Å². The second kappa shape index (κ2) is 4.40. The van der Waals surface area contributed by atoms with E-state index in [1.807, 2.05) is 29.9 Å². The number of ketones is 2. The van der Waals surface area contributed by atoms with E-state index < -0.39 is 0 Å². The fourth-order valence-electron chi connectivity index (χ4n) is 3.09. The van der Waals surface area contributed by atoms with Gasteiger partial charge in [0.15, 0.2) is 0 Å². The highest BCUT2D eigenvalue weighted by molar-refractivity contribution is 6.26. The van der Waals surface area contributed by atoms with Crippen LogP contribution in [-0.2, 0) is 13.1 Å². The molecule has 0 amide bonds. The summed E-state index contributed by atoms with van der Waals surface area (Å²) < 4.78 is 3.88. The number of hydrogen-bond acceptors (Lipinski definition) is 2. The van der Waals surface area contributed by atoms with Crippen LogP contribution in [0.2, 0.25) is 0 Å². The van der Waals surface area contributed by atoms with Crippen LogP contribution in [0, 0.1) is 6.92 Å². The minimum absolute atomic E-state index is 0.0487. The molecule has 102 valence electrons. The number of hydrogen-bond donors (Lipinski definition) is 0. The largest absolute Gasteiger partial charge is 0.284 e. The predicted molar refractivity (Wildman–Crippen MR) is 74.0 cm³/mol. The van der Waals surface area contributed by atoms with Crippen LogP contribution >= 0.6 is 0 Å². The Bertz CT molecular complexity index is 681. The van der Waals surface area contributed by atoms with E-state index in [0.717, 1.165) is 5.82 Å². The molecule has 1 aromatic heterocycles. The molecule has 0 unspecified atom stereocenters. The molecule has 0 fully saturated rings. The molecule has 1 aliphatic rings. The van der Waals surface area contributed by atoms with Gasteiger partial charge in [-0.3, -0.25) is 9.59 Å². The van der Waals surface area contributed by atoms with Gasteiger partial charge in [-0.05, 0) is 13.8 Å². The van der Waals surface area contributed by atoms with Crippen molar-refractivity contribution < 1.29 is 14.2 Å². The van der Waals surface area contributed by atoms with Crippen LogP contribution in [0.3, 0.4) is 0 Å². The minimum atomic E-state index is -0.0487. The van der Waals surface area contributed by atoms with Crippen molar-refractivity contribution in [2.75, 3.05) is 0 Å². The number of imidazole rings is 1. The molecular weight excluding hydrogens is 252 g/mol. The molecule has 2 aromatic rings. The standard InChI is InChI=1S/C16H17N2O2/c1-4-17-10(3)18(5-2)14-13(17)15(19)11-8-6-7-9-12(11)16(14)20/h6-9H,4-5H2,1-3H3/q+1. The van der Waals surface area contributed by atoms with E-state index in [0.29, 0.717) is 35.6 Å². The van der Waals surface area contributed by atoms with Crippen LogP contribution in [0.5, 0.6) is 0 Å². The van der Waals surface area contributed by atoms with Gasteiger partial charge in [-0.1, -0.05) is 24.3 Å². The lowest BCUT2D eigenvalue weighted by molar-refractivity contribution is -0.700. The van der Waals surface area contributed by atoms with Gasteiger partial charge in [-0.25, -0.2) is 9.13 Å². The summed E-state index contributed by atoms with van der Waals surface area (Å²) in [7, 11) is 0. The number of carbonyl (C=O) groups is 2. The minimum Gasteiger partial charge on any atom is -0.284 e. The van der Waals surface area contributed by atoms with Gasteiger partial charge < -0.3 is 0 Å². The van der Waals surface area contributed by atoms with Gasteiger partial charge in [0.25, 0.3) is 5.82 Å². The Balaban J connectivity index is 2.39. The van der Waals surface area contributed by atoms with Gasteiger partial charge in [0, 0.05) is 18.1 Å². The number of fused-ring (bicyclic) bond motifs is 2. The fourth-order valence-corrected chi connectivity index (χ4v) is 3.09. The SMILES string of the molecule is CCn1c2c([n+](CC)c1C)C(=O)c1ccccc1C2=O. The van der Waals surface area contributed by atoms with E-state index in [1.165, 1.54) is 0 Å². The second-order valence-corrected chi connectivity index (χ2v) is 4.94. The first-order valence-corrected chi connectivity index (χ1v) is 6.93. The Morgan fingerprint density at radius 3 is 2.20 bits per heavy atom. The van der Waals surface area contributed by atoms with E-state index in [2.05, 4.69) is 0 Å². The molecule has 0 bridgehead atoms. The van der Waals surface area contributed by atoms with E-state index in [4.69, 9.17) is 0 Å². The molecule has 0 saturated heterocycles. The van der Waals surface area contributed by atoms with Crippen LogP contribution in [0.25, 0.3) is 0 Å². The summed E-state index contributed by atoms with van der Waals surface area (Å²) in [5.74, 6) is 0.856. The quantitative estimate of drug-likeness (QED) is 0.667. The van der Waals surface area contributed by atoms with Gasteiger partial charge in [0.2, 0.25) is 23.0 Å². The maximum absolute atomic E-state index is 12.7. The van der Waals surface area contributed by atoms with Gasteiger partial charge in [-0.2, -0.15) is 0 Å². The molecule has 1 aliphatic carbocycles. The number of aromatic nitrogens is 2. The summed E-state index contributed by atoms with van der Waals surface area (Å²) in [6, 6.07) is 7.07. The summed E-state index contributed by atoms with van der Waals surface area (Å²) in [6.07, 6.45) is 0. The molecule has 1 heterocycles. The number of carbonyl (C=O) groups excluding carboxylic acids is 2. The van der Waals surface area contributed by atoms with Crippen LogP contribution < -0.4 is 4.57 Å². The molecule has 0 atom stereocenters. The van der Waals surface area contributed by atoms with Crippen molar-refractivity contribution in [2.45, 2.75) is 33.9 Å². The third kappa shape index (κ3) is 1.45. The van der Waals surface area contributed by atoms with Crippen LogP contribution in [0.4, 0.5) is 0 Å². The Hall–Kier alpha value is -2.23. The highest BCUT2D eigenvalue weighted by atomic mass is 16.1. The average molecular weight is 269 g/mol. The molecule has 4 heteroatoms. The molecule has 0 spiro atoms. The summed E-state index contributed by atoms with van der Waals surface area (Å²) in [6.45, 7) is 7.30. The Morgan fingerprint density at radius 2 is 1.65 bits per heavy atom. The van der Waals surface area contributed by atoms with Gasteiger partial charge >= 0.3 is 0 Å². The molecule has 20 heavy (non-hydrogen) atoms. The first-order valence-electron chi connectivity index (χ1n) is 6.93. The predicted octanol–water partition coefficient (Wildman–Crippen LogP) is 1.90. The van der Waals surface area contributed by atoms with E-state index in [-0.39, 0.29) is 11.6 Å². The Morgan fingerprint density at radius 1 is 1.05 bits per heavy atom. The average Bonchev–Trinajstić information content (AvgIpc) is 2.77. The first-order chi connectivity index (χ1) is 9.61.